The van der Waals surface area contributed by atoms with Crippen molar-refractivity contribution in [2.75, 3.05) is 19.7 Å². The molecule has 2 aromatic carbocycles. The number of nitrogens with zero attached hydrogens (tertiary/aromatic N) is 1. The molecule has 2 saturated heterocycles. The molecule has 1 aromatic heterocycles. The Labute approximate surface area is 221 Å². The lowest BCUT2D eigenvalue weighted by Crippen LogP contribution is -2.50. The van der Waals surface area contributed by atoms with Crippen LogP contribution < -0.4 is 10.2 Å². The fraction of sp³-hybridized carbons (Fsp3) is 0.400. The number of nitrogens with one attached hydrogen (secondary N) is 2. The number of rotatable bonds is 6. The lowest BCUT2D eigenvalue weighted by Gasteiger charge is -2.44. The van der Waals surface area contributed by atoms with Crippen molar-refractivity contribution in [1.82, 2.24) is 15.4 Å². The third kappa shape index (κ3) is 5.38. The van der Waals surface area contributed by atoms with Gasteiger partial charge in [0.25, 0.3) is 5.91 Å². The number of aromatic amines is 1. The van der Waals surface area contributed by atoms with Gasteiger partial charge in [-0.1, -0.05) is 24.3 Å². The van der Waals surface area contributed by atoms with Gasteiger partial charge in [0.15, 0.2) is 12.1 Å². The van der Waals surface area contributed by atoms with Crippen molar-refractivity contribution in [2.24, 2.45) is 0 Å². The Kier molecular flexibility index (Phi) is 7.02. The fourth-order valence-electron chi connectivity index (χ4n) is 5.65. The summed E-state index contributed by atoms with van der Waals surface area (Å²) in [4.78, 5) is 36.4. The summed E-state index contributed by atoms with van der Waals surface area (Å²) >= 11 is 0. The van der Waals surface area contributed by atoms with E-state index in [2.05, 4.69) is 39.8 Å². The first-order valence-corrected chi connectivity index (χ1v) is 13.5. The van der Waals surface area contributed by atoms with Crippen molar-refractivity contribution in [3.63, 3.8) is 0 Å². The van der Waals surface area contributed by atoms with Gasteiger partial charge < -0.3 is 14.5 Å². The van der Waals surface area contributed by atoms with Gasteiger partial charge in [-0.15, -0.1) is 0 Å². The van der Waals surface area contributed by atoms with E-state index in [0.29, 0.717) is 24.3 Å². The summed E-state index contributed by atoms with van der Waals surface area (Å²) in [7, 11) is 0. The summed E-state index contributed by atoms with van der Waals surface area (Å²) in [6, 6.07) is 13.9. The molecule has 198 valence electrons. The molecule has 8 heteroatoms. The van der Waals surface area contributed by atoms with E-state index in [4.69, 9.17) is 14.3 Å². The molecule has 0 bridgehead atoms. The number of hydrogen-bond acceptors (Lipinski definition) is 6. The topological polar surface area (TPSA) is 92.9 Å². The first kappa shape index (κ1) is 24.9. The molecule has 3 aliphatic rings. The first-order valence-electron chi connectivity index (χ1n) is 13.5. The van der Waals surface area contributed by atoms with Gasteiger partial charge in [0.1, 0.15) is 11.4 Å². The van der Waals surface area contributed by atoms with Crippen LogP contribution in [0.5, 0.6) is 5.75 Å². The Morgan fingerprint density at radius 3 is 2.89 bits per heavy atom. The monoisotopic (exact) mass is 515 g/mol. The van der Waals surface area contributed by atoms with E-state index in [0.717, 1.165) is 62.8 Å². The van der Waals surface area contributed by atoms with Crippen molar-refractivity contribution in [2.45, 2.75) is 57.0 Å². The number of piperidine rings is 1. The van der Waals surface area contributed by atoms with Crippen LogP contribution in [0.15, 0.2) is 54.7 Å². The van der Waals surface area contributed by atoms with Crippen molar-refractivity contribution >= 4 is 28.7 Å². The molecular weight excluding hydrogens is 482 g/mol. The number of ether oxygens (including phenoxy) is 2. The number of benzene rings is 2. The molecule has 1 amide bonds. The van der Waals surface area contributed by atoms with Crippen molar-refractivity contribution < 1.29 is 23.9 Å². The quantitative estimate of drug-likeness (QED) is 0.363. The largest absolute Gasteiger partial charge is 0.486 e. The molecule has 3 aromatic rings. The zero-order valence-electron chi connectivity index (χ0n) is 21.4. The van der Waals surface area contributed by atoms with E-state index < -0.39 is 11.9 Å². The average Bonchev–Trinajstić information content (AvgIpc) is 3.35. The number of fused-ring (bicyclic) bond motifs is 2. The number of hydrogen-bond donors (Lipinski definition) is 2. The number of aromatic nitrogens is 1. The van der Waals surface area contributed by atoms with Crippen molar-refractivity contribution in [3.8, 4) is 5.75 Å². The van der Waals surface area contributed by atoms with Gasteiger partial charge in [-0.3, -0.25) is 14.5 Å². The number of H-pyrrole nitrogens is 1. The van der Waals surface area contributed by atoms with E-state index in [1.165, 1.54) is 17.0 Å². The number of likely N-dealkylation sites (tertiary alicyclic amines) is 1. The number of Topliss-reactive ketones (excluding diaryl/α,β-unsaturated/α-hetero) is 1. The van der Waals surface area contributed by atoms with Gasteiger partial charge >= 0.3 is 0 Å². The zero-order chi connectivity index (χ0) is 26.0. The third-order valence-corrected chi connectivity index (χ3v) is 7.81. The van der Waals surface area contributed by atoms with Gasteiger partial charge in [-0.25, -0.2) is 10.3 Å². The second-order valence-corrected chi connectivity index (χ2v) is 10.5. The van der Waals surface area contributed by atoms with Gasteiger partial charge in [0.2, 0.25) is 0 Å². The Bertz CT molecular complexity index is 1350. The Balaban J connectivity index is 1.05. The van der Waals surface area contributed by atoms with Crippen LogP contribution in [0, 0.1) is 0 Å². The van der Waals surface area contributed by atoms with Crippen LogP contribution in [-0.2, 0) is 20.9 Å². The van der Waals surface area contributed by atoms with E-state index in [1.54, 1.807) is 12.1 Å². The molecule has 0 radical (unpaired) electrons. The minimum atomic E-state index is -0.448. The van der Waals surface area contributed by atoms with E-state index in [9.17, 15) is 9.59 Å². The molecule has 1 spiro atoms. The maximum absolute atomic E-state index is 13.2. The Morgan fingerprint density at radius 1 is 1.18 bits per heavy atom. The first-order chi connectivity index (χ1) is 18.6. The summed E-state index contributed by atoms with van der Waals surface area (Å²) in [5, 5.41) is 1.26. The second kappa shape index (κ2) is 10.7. The van der Waals surface area contributed by atoms with Crippen molar-refractivity contribution in [1.29, 1.82) is 0 Å². The minimum Gasteiger partial charge on any atom is -0.486 e. The van der Waals surface area contributed by atoms with E-state index in [-0.39, 0.29) is 11.7 Å². The summed E-state index contributed by atoms with van der Waals surface area (Å²) in [6.45, 7) is 3.29. The van der Waals surface area contributed by atoms with Crippen LogP contribution in [-0.4, -0.2) is 53.2 Å². The highest BCUT2D eigenvalue weighted by atomic mass is 16.8. The third-order valence-electron chi connectivity index (χ3n) is 7.81. The Morgan fingerprint density at radius 2 is 2.05 bits per heavy atom. The molecular formula is C30H33N3O5. The molecule has 3 aliphatic heterocycles. The number of carbonyl (C=O) groups excluding carboxylic acids is 2. The highest BCUT2D eigenvalue weighted by Crippen LogP contribution is 2.40. The van der Waals surface area contributed by atoms with Crippen LogP contribution in [0.3, 0.4) is 0 Å². The van der Waals surface area contributed by atoms with Crippen LogP contribution in [0.1, 0.15) is 60.0 Å². The molecule has 38 heavy (non-hydrogen) atoms. The number of ketones is 1. The predicted molar refractivity (Wildman–Crippen MR) is 143 cm³/mol. The summed E-state index contributed by atoms with van der Waals surface area (Å²) in [6.07, 6.45) is 9.56. The minimum absolute atomic E-state index is 0.0915. The van der Waals surface area contributed by atoms with Crippen LogP contribution >= 0.6 is 0 Å². The highest BCUT2D eigenvalue weighted by Gasteiger charge is 2.43. The number of para-hydroxylation sites is 1. The standard InChI is InChI=1S/C30H33N3O5/c34-26-18-30(12-14-33(15-13-30)20-22-19-31-25-6-2-1-5-23(22)25)37-27-10-8-21(17-24(26)27)9-11-28(35)32-38-29-7-3-4-16-36-29/h1-2,5-6,8-11,17,19,29,31H,3-4,7,12-16,18,20H2,(H,32,35)/b11-9+. The Hall–Kier alpha value is -3.46. The molecule has 2 N–H and O–H groups in total. The van der Waals surface area contributed by atoms with Gasteiger partial charge in [-0.05, 0) is 48.2 Å². The normalized spacial score (nSPS) is 21.5. The summed E-state index contributed by atoms with van der Waals surface area (Å²) in [5.74, 6) is 0.345. The highest BCUT2D eigenvalue weighted by molar-refractivity contribution is 6.01. The average molecular weight is 516 g/mol. The van der Waals surface area contributed by atoms with Crippen LogP contribution in [0.25, 0.3) is 17.0 Å². The SMILES string of the molecule is O=C(/C=C/c1ccc2c(c1)C(=O)CC1(CCN(Cc3c[nH]c4ccccc34)CC1)O2)NOC1CCCCO1. The van der Waals surface area contributed by atoms with E-state index in [1.807, 2.05) is 18.2 Å². The zero-order valence-corrected chi connectivity index (χ0v) is 21.4. The molecule has 2 fully saturated rings. The summed E-state index contributed by atoms with van der Waals surface area (Å²) in [5.41, 5.74) is 5.75. The van der Waals surface area contributed by atoms with Gasteiger partial charge in [0.05, 0.1) is 12.0 Å². The lowest BCUT2D eigenvalue weighted by molar-refractivity contribution is -0.198. The van der Waals surface area contributed by atoms with Gasteiger partial charge in [-0.2, -0.15) is 0 Å². The smallest absolute Gasteiger partial charge is 0.267 e. The predicted octanol–water partition coefficient (Wildman–Crippen LogP) is 4.76. The molecule has 0 saturated carbocycles. The van der Waals surface area contributed by atoms with Gasteiger partial charge in [0, 0.05) is 68.7 Å². The summed E-state index contributed by atoms with van der Waals surface area (Å²) < 4.78 is 11.9. The molecule has 0 aliphatic carbocycles. The number of carbonyl (C=O) groups is 2. The van der Waals surface area contributed by atoms with E-state index >= 15 is 0 Å². The number of hydroxylamine groups is 1. The maximum Gasteiger partial charge on any atom is 0.267 e. The fourth-order valence-corrected chi connectivity index (χ4v) is 5.65. The molecule has 1 unspecified atom stereocenters. The number of amides is 1. The van der Waals surface area contributed by atoms with Crippen molar-refractivity contribution in [3.05, 3.63) is 71.4 Å². The molecule has 1 atom stereocenters. The van der Waals surface area contributed by atoms with Crippen LogP contribution in [0.4, 0.5) is 0 Å². The molecule has 4 heterocycles. The lowest BCUT2D eigenvalue weighted by atomic mass is 9.82. The second-order valence-electron chi connectivity index (χ2n) is 10.5. The van der Waals surface area contributed by atoms with Crippen LogP contribution in [0.2, 0.25) is 0 Å². The molecule has 8 nitrogen and oxygen atoms in total. The molecule has 6 rings (SSSR count). The maximum atomic E-state index is 13.2.